The van der Waals surface area contributed by atoms with Gasteiger partial charge in [0.05, 0.1) is 0 Å². The van der Waals surface area contributed by atoms with E-state index in [1.807, 2.05) is 0 Å². The predicted molar refractivity (Wildman–Crippen MR) is 110 cm³/mol. The highest BCUT2D eigenvalue weighted by Crippen LogP contribution is 2.25. The lowest BCUT2D eigenvalue weighted by Crippen LogP contribution is -2.65. The number of hydrogen-bond acceptors (Lipinski definition) is 10. The maximum atomic E-state index is 11.8. The zero-order chi connectivity index (χ0) is 24.5. The number of carbonyl (C=O) groups is 4. The Balaban J connectivity index is 2.78. The molecule has 1 fully saturated rings. The molecule has 1 saturated heterocycles. The first kappa shape index (κ1) is 27.8. The Labute approximate surface area is 188 Å². The van der Waals surface area contributed by atoms with Crippen molar-refractivity contribution in [1.29, 1.82) is 0 Å². The second-order valence-electron chi connectivity index (χ2n) is 8.55. The minimum absolute atomic E-state index is 0.159. The number of ether oxygens (including phenoxy) is 5. The third-order valence-electron chi connectivity index (χ3n) is 4.27. The highest BCUT2D eigenvalue weighted by atomic mass is 16.7. The van der Waals surface area contributed by atoms with Gasteiger partial charge in [-0.25, -0.2) is 0 Å². The van der Waals surface area contributed by atoms with Gasteiger partial charge in [-0.05, 0) is 33.6 Å². The molecule has 1 heterocycles. The van der Waals surface area contributed by atoms with E-state index in [1.54, 1.807) is 20.8 Å². The second kappa shape index (κ2) is 12.7. The molecule has 0 spiro atoms. The van der Waals surface area contributed by atoms with Gasteiger partial charge in [-0.15, -0.1) is 0 Å². The van der Waals surface area contributed by atoms with Crippen LogP contribution in [0.5, 0.6) is 0 Å². The molecule has 5 atom stereocenters. The predicted octanol–water partition coefficient (Wildman–Crippen LogP) is 0.600. The van der Waals surface area contributed by atoms with Gasteiger partial charge in [0.2, 0.25) is 5.91 Å². The van der Waals surface area contributed by atoms with Crippen LogP contribution in [0.1, 0.15) is 60.8 Å². The summed E-state index contributed by atoms with van der Waals surface area (Å²) in [5, 5.41) is 13.2. The van der Waals surface area contributed by atoms with Crippen molar-refractivity contribution in [2.45, 2.75) is 97.0 Å². The number of rotatable bonds is 10. The maximum Gasteiger partial charge on any atom is 0.306 e. The molecule has 0 saturated carbocycles. The quantitative estimate of drug-likeness (QED) is 0.269. The number of amides is 1. The van der Waals surface area contributed by atoms with E-state index in [-0.39, 0.29) is 25.6 Å². The van der Waals surface area contributed by atoms with E-state index in [9.17, 15) is 24.3 Å². The lowest BCUT2D eigenvalue weighted by molar-refractivity contribution is -0.274. The number of nitrogens with one attached hydrogen (secondary N) is 1. The molecule has 32 heavy (non-hydrogen) atoms. The smallest absolute Gasteiger partial charge is 0.306 e. The van der Waals surface area contributed by atoms with Crippen molar-refractivity contribution in [1.82, 2.24) is 5.32 Å². The summed E-state index contributed by atoms with van der Waals surface area (Å²) in [6.45, 7) is 8.87. The molecule has 0 aromatic heterocycles. The van der Waals surface area contributed by atoms with E-state index in [0.29, 0.717) is 12.8 Å². The van der Waals surface area contributed by atoms with Crippen LogP contribution in [0, 0.1) is 0 Å². The van der Waals surface area contributed by atoms with Crippen molar-refractivity contribution in [3.63, 3.8) is 0 Å². The molecular weight excluding hydrogens is 426 g/mol. The molecule has 0 aromatic rings. The normalized spacial score (nSPS) is 25.5. The van der Waals surface area contributed by atoms with Crippen LogP contribution in [0.15, 0.2) is 0 Å². The largest absolute Gasteiger partial charge is 0.463 e. The molecule has 1 rings (SSSR count). The van der Waals surface area contributed by atoms with Crippen LogP contribution in [0.25, 0.3) is 0 Å². The lowest BCUT2D eigenvalue weighted by Gasteiger charge is -2.43. The lowest BCUT2D eigenvalue weighted by atomic mass is 9.96. The third-order valence-corrected chi connectivity index (χ3v) is 4.27. The molecule has 5 unspecified atom stereocenters. The van der Waals surface area contributed by atoms with Crippen molar-refractivity contribution in [2.24, 2.45) is 0 Å². The van der Waals surface area contributed by atoms with E-state index in [2.05, 4.69) is 5.32 Å². The summed E-state index contributed by atoms with van der Waals surface area (Å²) >= 11 is 0. The van der Waals surface area contributed by atoms with E-state index >= 15 is 0 Å². The summed E-state index contributed by atoms with van der Waals surface area (Å²) in [5.74, 6) is -2.01. The van der Waals surface area contributed by atoms with Crippen molar-refractivity contribution in [3.8, 4) is 0 Å². The first-order valence-corrected chi connectivity index (χ1v) is 10.5. The molecule has 2 N–H and O–H groups in total. The van der Waals surface area contributed by atoms with Crippen LogP contribution in [-0.2, 0) is 42.9 Å². The summed E-state index contributed by atoms with van der Waals surface area (Å²) in [7, 11) is 0. The molecule has 0 bridgehead atoms. The van der Waals surface area contributed by atoms with Crippen molar-refractivity contribution >= 4 is 23.8 Å². The zero-order valence-corrected chi connectivity index (χ0v) is 19.5. The average molecular weight is 462 g/mol. The number of aliphatic hydroxyl groups is 1. The van der Waals surface area contributed by atoms with E-state index in [1.165, 1.54) is 20.8 Å². The first-order chi connectivity index (χ1) is 14.8. The molecule has 1 aliphatic rings. The average Bonchev–Trinajstić information content (AvgIpc) is 2.62. The van der Waals surface area contributed by atoms with Crippen LogP contribution in [-0.4, -0.2) is 78.4 Å². The van der Waals surface area contributed by atoms with Crippen molar-refractivity contribution in [2.75, 3.05) is 13.2 Å². The maximum absolute atomic E-state index is 11.8. The van der Waals surface area contributed by atoms with Gasteiger partial charge in [-0.1, -0.05) is 0 Å². The number of esters is 3. The van der Waals surface area contributed by atoms with Crippen LogP contribution >= 0.6 is 0 Å². The van der Waals surface area contributed by atoms with Crippen LogP contribution in [0.4, 0.5) is 0 Å². The SMILES string of the molecule is CC(=O)NC1C(OCCCCC(=O)OC(C)(C)C)OC(COC(C)=O)C(O)C1OC(C)=O. The van der Waals surface area contributed by atoms with Crippen LogP contribution < -0.4 is 5.32 Å². The summed E-state index contributed by atoms with van der Waals surface area (Å²) in [6.07, 6.45) is -3.49. The highest BCUT2D eigenvalue weighted by Gasteiger charge is 2.48. The fourth-order valence-electron chi connectivity index (χ4n) is 3.08. The number of aliphatic hydroxyl groups excluding tert-OH is 1. The Kier molecular flexibility index (Phi) is 11.0. The molecule has 0 aromatic carbocycles. The van der Waals surface area contributed by atoms with E-state index < -0.39 is 54.1 Å². The summed E-state index contributed by atoms with van der Waals surface area (Å²) in [6, 6.07) is -0.995. The minimum atomic E-state index is -1.37. The number of unbranched alkanes of at least 4 members (excludes halogenated alkanes) is 1. The Bertz CT molecular complexity index is 659. The van der Waals surface area contributed by atoms with Gasteiger partial charge in [0, 0.05) is 33.8 Å². The van der Waals surface area contributed by atoms with Gasteiger partial charge in [-0.3, -0.25) is 19.2 Å². The molecular formula is C21H35NO10. The van der Waals surface area contributed by atoms with E-state index in [4.69, 9.17) is 23.7 Å². The van der Waals surface area contributed by atoms with Gasteiger partial charge in [0.1, 0.15) is 30.5 Å². The zero-order valence-electron chi connectivity index (χ0n) is 19.5. The number of carbonyl (C=O) groups excluding carboxylic acids is 4. The molecule has 1 amide bonds. The van der Waals surface area contributed by atoms with Gasteiger partial charge < -0.3 is 34.1 Å². The summed E-state index contributed by atoms with van der Waals surface area (Å²) in [4.78, 5) is 46.2. The molecule has 184 valence electrons. The van der Waals surface area contributed by atoms with Gasteiger partial charge >= 0.3 is 17.9 Å². The molecule has 11 nitrogen and oxygen atoms in total. The van der Waals surface area contributed by atoms with Crippen LogP contribution in [0.3, 0.4) is 0 Å². The highest BCUT2D eigenvalue weighted by molar-refractivity contribution is 5.73. The summed E-state index contributed by atoms with van der Waals surface area (Å²) in [5.41, 5.74) is -0.557. The van der Waals surface area contributed by atoms with Gasteiger partial charge in [-0.2, -0.15) is 0 Å². The Morgan fingerprint density at radius 2 is 1.69 bits per heavy atom. The first-order valence-electron chi connectivity index (χ1n) is 10.5. The fraction of sp³-hybridized carbons (Fsp3) is 0.810. The van der Waals surface area contributed by atoms with Crippen LogP contribution in [0.2, 0.25) is 0 Å². The van der Waals surface area contributed by atoms with Gasteiger partial charge in [0.15, 0.2) is 12.4 Å². The third kappa shape index (κ3) is 10.4. The molecule has 0 radical (unpaired) electrons. The fourth-order valence-corrected chi connectivity index (χ4v) is 3.08. The Morgan fingerprint density at radius 1 is 1.03 bits per heavy atom. The second-order valence-corrected chi connectivity index (χ2v) is 8.55. The summed E-state index contributed by atoms with van der Waals surface area (Å²) < 4.78 is 26.9. The monoisotopic (exact) mass is 461 g/mol. The van der Waals surface area contributed by atoms with Crippen molar-refractivity contribution < 1.29 is 48.0 Å². The number of hydrogen-bond donors (Lipinski definition) is 2. The standard InChI is InChI=1S/C21H35NO10/c1-12(23)22-17-19(30-14(3)25)18(27)15(11-29-13(2)24)31-20(17)28-10-8-7-9-16(26)32-21(4,5)6/h15,17-20,27H,7-11H2,1-6H3,(H,22,23). The molecule has 0 aliphatic carbocycles. The topological polar surface area (TPSA) is 147 Å². The minimum Gasteiger partial charge on any atom is -0.463 e. The van der Waals surface area contributed by atoms with E-state index in [0.717, 1.165) is 0 Å². The van der Waals surface area contributed by atoms with Gasteiger partial charge in [0.25, 0.3) is 0 Å². The van der Waals surface area contributed by atoms with Crippen molar-refractivity contribution in [3.05, 3.63) is 0 Å². The molecule has 11 heteroatoms. The Hall–Kier alpha value is -2.24. The molecule has 1 aliphatic heterocycles. The Morgan fingerprint density at radius 3 is 2.22 bits per heavy atom.